The van der Waals surface area contributed by atoms with E-state index in [4.69, 9.17) is 11.6 Å². The van der Waals surface area contributed by atoms with Gasteiger partial charge in [-0.3, -0.25) is 4.79 Å². The predicted molar refractivity (Wildman–Crippen MR) is 58.1 cm³/mol. The summed E-state index contributed by atoms with van der Waals surface area (Å²) in [7, 11) is 0. The summed E-state index contributed by atoms with van der Waals surface area (Å²) in [4.78, 5) is 11.6. The van der Waals surface area contributed by atoms with Crippen LogP contribution < -0.4 is 0 Å². The molecule has 0 fully saturated rings. The van der Waals surface area contributed by atoms with E-state index < -0.39 is 5.24 Å². The van der Waals surface area contributed by atoms with Crippen LogP contribution in [0.4, 0.5) is 0 Å². The second kappa shape index (κ2) is 5.10. The van der Waals surface area contributed by atoms with Crippen LogP contribution in [0.1, 0.15) is 5.56 Å². The smallest absolute Gasteiger partial charge is 0.245 e. The zero-order valence-corrected chi connectivity index (χ0v) is 8.73. The first-order valence-electron chi connectivity index (χ1n) is 3.74. The minimum atomic E-state index is -0.450. The average Bonchev–Trinajstić information content (AvgIpc) is 2.15. The number of carbonyl (C=O) groups is 1. The van der Waals surface area contributed by atoms with Crippen LogP contribution in [0.25, 0.3) is 6.08 Å². The molecular formula is C10H9ClOS. The van der Waals surface area contributed by atoms with Crippen LogP contribution in [0, 0.1) is 0 Å². The molecule has 0 amide bonds. The van der Waals surface area contributed by atoms with Gasteiger partial charge in [-0.2, -0.15) is 0 Å². The van der Waals surface area contributed by atoms with Gasteiger partial charge in [0.25, 0.3) is 0 Å². The molecule has 0 heterocycles. The lowest BCUT2D eigenvalue weighted by molar-refractivity contribution is -0.107. The van der Waals surface area contributed by atoms with Gasteiger partial charge in [-0.1, -0.05) is 18.2 Å². The summed E-state index contributed by atoms with van der Waals surface area (Å²) < 4.78 is 0. The number of halogens is 1. The Balaban J connectivity index is 2.75. The summed E-state index contributed by atoms with van der Waals surface area (Å²) in [5.41, 5.74) is 0.979. The Kier molecular flexibility index (Phi) is 4.06. The molecule has 0 N–H and O–H groups in total. The minimum Gasteiger partial charge on any atom is -0.276 e. The molecule has 0 aliphatic rings. The Morgan fingerprint density at radius 3 is 2.46 bits per heavy atom. The van der Waals surface area contributed by atoms with Gasteiger partial charge >= 0.3 is 0 Å². The number of benzene rings is 1. The van der Waals surface area contributed by atoms with Gasteiger partial charge in [-0.25, -0.2) is 0 Å². The number of allylic oxidation sites excluding steroid dienone is 1. The lowest BCUT2D eigenvalue weighted by atomic mass is 10.2. The van der Waals surface area contributed by atoms with E-state index in [0.29, 0.717) is 0 Å². The van der Waals surface area contributed by atoms with E-state index in [1.807, 2.05) is 30.5 Å². The molecule has 0 saturated heterocycles. The lowest BCUT2D eigenvalue weighted by Gasteiger charge is -1.95. The summed E-state index contributed by atoms with van der Waals surface area (Å²) in [6, 6.07) is 7.90. The third kappa shape index (κ3) is 3.66. The molecule has 0 aromatic heterocycles. The van der Waals surface area contributed by atoms with Crippen molar-refractivity contribution in [3.05, 3.63) is 35.9 Å². The number of hydrogen-bond donors (Lipinski definition) is 0. The van der Waals surface area contributed by atoms with Crippen LogP contribution in [0.5, 0.6) is 0 Å². The van der Waals surface area contributed by atoms with Crippen molar-refractivity contribution >= 4 is 34.7 Å². The highest BCUT2D eigenvalue weighted by molar-refractivity contribution is 7.98. The van der Waals surface area contributed by atoms with Crippen LogP contribution in [0.2, 0.25) is 0 Å². The normalized spacial score (nSPS) is 10.6. The van der Waals surface area contributed by atoms with Crippen LogP contribution in [0.15, 0.2) is 35.2 Å². The van der Waals surface area contributed by atoms with Gasteiger partial charge in [0.1, 0.15) is 0 Å². The van der Waals surface area contributed by atoms with Gasteiger partial charge < -0.3 is 0 Å². The van der Waals surface area contributed by atoms with Crippen LogP contribution >= 0.6 is 23.4 Å². The monoisotopic (exact) mass is 212 g/mol. The molecule has 1 aromatic carbocycles. The Morgan fingerprint density at radius 2 is 2.00 bits per heavy atom. The number of hydrogen-bond acceptors (Lipinski definition) is 2. The second-order valence-electron chi connectivity index (χ2n) is 2.41. The summed E-state index contributed by atoms with van der Waals surface area (Å²) in [5, 5.41) is -0.450. The Bertz CT molecular complexity index is 316. The van der Waals surface area contributed by atoms with E-state index in [1.165, 1.54) is 11.0 Å². The fourth-order valence-corrected chi connectivity index (χ4v) is 1.35. The second-order valence-corrected chi connectivity index (χ2v) is 3.66. The Morgan fingerprint density at radius 1 is 1.38 bits per heavy atom. The highest BCUT2D eigenvalue weighted by Gasteiger charge is 1.90. The zero-order chi connectivity index (χ0) is 9.68. The zero-order valence-electron chi connectivity index (χ0n) is 7.16. The van der Waals surface area contributed by atoms with Gasteiger partial charge in [0, 0.05) is 4.90 Å². The van der Waals surface area contributed by atoms with Crippen LogP contribution in [-0.4, -0.2) is 11.5 Å². The van der Waals surface area contributed by atoms with Gasteiger partial charge in [-0.15, -0.1) is 11.8 Å². The molecule has 1 nitrogen and oxygen atoms in total. The highest BCUT2D eigenvalue weighted by Crippen LogP contribution is 2.15. The maximum Gasteiger partial charge on any atom is 0.245 e. The molecule has 0 aliphatic heterocycles. The highest BCUT2D eigenvalue weighted by atomic mass is 35.5. The summed E-state index contributed by atoms with van der Waals surface area (Å²) in [6.07, 6.45) is 5.06. The standard InChI is InChI=1S/C10H9ClOS/c1-13-9-5-2-8(3-6-9)4-7-10(11)12/h2-7H,1H3/b7-4+. The molecule has 3 heteroatoms. The predicted octanol–water partition coefficient (Wildman–Crippen LogP) is 3.19. The first-order valence-corrected chi connectivity index (χ1v) is 5.34. The quantitative estimate of drug-likeness (QED) is 0.435. The third-order valence-electron chi connectivity index (χ3n) is 1.52. The largest absolute Gasteiger partial charge is 0.276 e. The first-order chi connectivity index (χ1) is 6.22. The molecule has 0 unspecified atom stereocenters. The van der Waals surface area contributed by atoms with Gasteiger partial charge in [-0.05, 0) is 41.6 Å². The fourth-order valence-electron chi connectivity index (χ4n) is 0.877. The van der Waals surface area contributed by atoms with Crippen molar-refractivity contribution in [1.82, 2.24) is 0 Å². The van der Waals surface area contributed by atoms with Crippen molar-refractivity contribution in [1.29, 1.82) is 0 Å². The maximum atomic E-state index is 10.4. The van der Waals surface area contributed by atoms with Crippen LogP contribution in [-0.2, 0) is 4.79 Å². The van der Waals surface area contributed by atoms with Gasteiger partial charge in [0.2, 0.25) is 5.24 Å². The Labute approximate surface area is 86.8 Å². The molecule has 1 rings (SSSR count). The Hall–Kier alpha value is -0.730. The molecule has 0 atom stereocenters. The molecule has 68 valence electrons. The number of thioether (sulfide) groups is 1. The topological polar surface area (TPSA) is 17.1 Å². The average molecular weight is 213 g/mol. The van der Waals surface area contributed by atoms with E-state index >= 15 is 0 Å². The van der Waals surface area contributed by atoms with Crippen molar-refractivity contribution in [3.63, 3.8) is 0 Å². The van der Waals surface area contributed by atoms with Crippen molar-refractivity contribution in [3.8, 4) is 0 Å². The number of carbonyl (C=O) groups excluding carboxylic acids is 1. The third-order valence-corrected chi connectivity index (χ3v) is 2.39. The first kappa shape index (κ1) is 10.4. The fraction of sp³-hybridized carbons (Fsp3) is 0.100. The molecule has 0 radical (unpaired) electrons. The summed E-state index contributed by atoms with van der Waals surface area (Å²) in [6.45, 7) is 0. The lowest BCUT2D eigenvalue weighted by Crippen LogP contribution is -1.76. The molecule has 13 heavy (non-hydrogen) atoms. The molecule has 0 spiro atoms. The molecular weight excluding hydrogens is 204 g/mol. The SMILES string of the molecule is CSc1ccc(/C=C/C(=O)Cl)cc1. The molecule has 1 aromatic rings. The molecule has 0 bridgehead atoms. The minimum absolute atomic E-state index is 0.450. The van der Waals surface area contributed by atoms with E-state index in [0.717, 1.165) is 5.56 Å². The van der Waals surface area contributed by atoms with Gasteiger partial charge in [0.15, 0.2) is 0 Å². The van der Waals surface area contributed by atoms with Gasteiger partial charge in [0.05, 0.1) is 0 Å². The van der Waals surface area contributed by atoms with Crippen molar-refractivity contribution in [2.75, 3.05) is 6.26 Å². The van der Waals surface area contributed by atoms with Crippen molar-refractivity contribution in [2.45, 2.75) is 4.90 Å². The maximum absolute atomic E-state index is 10.4. The summed E-state index contributed by atoms with van der Waals surface area (Å²) >= 11 is 6.84. The van der Waals surface area contributed by atoms with Crippen molar-refractivity contribution < 1.29 is 4.79 Å². The van der Waals surface area contributed by atoms with E-state index in [9.17, 15) is 4.79 Å². The van der Waals surface area contributed by atoms with E-state index in [2.05, 4.69) is 0 Å². The van der Waals surface area contributed by atoms with Crippen LogP contribution in [0.3, 0.4) is 0 Å². The van der Waals surface area contributed by atoms with E-state index in [-0.39, 0.29) is 0 Å². The molecule has 0 saturated carbocycles. The molecule has 0 aliphatic carbocycles. The van der Waals surface area contributed by atoms with E-state index in [1.54, 1.807) is 17.8 Å². The van der Waals surface area contributed by atoms with Crippen molar-refractivity contribution in [2.24, 2.45) is 0 Å². The number of rotatable bonds is 3. The summed E-state index contributed by atoms with van der Waals surface area (Å²) in [5.74, 6) is 0.